The van der Waals surface area contributed by atoms with Gasteiger partial charge in [-0.25, -0.2) is 14.8 Å². The van der Waals surface area contributed by atoms with Gasteiger partial charge in [0.25, 0.3) is 5.91 Å². The number of carboxylic acids is 1. The number of anilines is 1. The second kappa shape index (κ2) is 9.43. The number of ether oxygens (including phenoxy) is 1. The molecule has 0 unspecified atom stereocenters. The lowest BCUT2D eigenvalue weighted by Gasteiger charge is -2.38. The van der Waals surface area contributed by atoms with Crippen molar-refractivity contribution < 1.29 is 19.4 Å². The summed E-state index contributed by atoms with van der Waals surface area (Å²) in [6.07, 6.45) is 1.05. The number of carbonyl (C=O) groups excluding carboxylic acids is 1. The van der Waals surface area contributed by atoms with Crippen LogP contribution in [0.1, 0.15) is 46.9 Å². The molecule has 1 aliphatic heterocycles. The molecule has 170 valence electrons. The Morgan fingerprint density at radius 3 is 2.88 bits per heavy atom. The number of imidazole rings is 1. The molecule has 0 bridgehead atoms. The first kappa shape index (κ1) is 22.5. The van der Waals surface area contributed by atoms with Gasteiger partial charge in [0.05, 0.1) is 33.6 Å². The van der Waals surface area contributed by atoms with Crippen molar-refractivity contribution in [3.05, 3.63) is 40.4 Å². The zero-order valence-corrected chi connectivity index (χ0v) is 19.3. The molecule has 3 N–H and O–H groups in total. The minimum absolute atomic E-state index is 0.192. The van der Waals surface area contributed by atoms with Crippen LogP contribution in [0.15, 0.2) is 18.2 Å². The number of H-pyrrole nitrogens is 1. The number of aryl methyl sites for hydroxylation is 1. The fourth-order valence-electron chi connectivity index (χ4n) is 3.85. The summed E-state index contributed by atoms with van der Waals surface area (Å²) in [4.78, 5) is 38.1. The van der Waals surface area contributed by atoms with Gasteiger partial charge in [-0.3, -0.25) is 4.79 Å². The molecule has 1 saturated heterocycles. The lowest BCUT2D eigenvalue weighted by atomic mass is 10.0. The molecule has 9 nitrogen and oxygen atoms in total. The number of carboxylic acid groups (broad SMARTS) is 1. The summed E-state index contributed by atoms with van der Waals surface area (Å²) in [5, 5.41) is 13.5. The number of aromatic carboxylic acids is 1. The SMILES string of the molecule is CCO[C@@H]1CN(c2nc3cccc(C(=O)O)c3s2)CC[C@@H]1NC(=O)c1nc(Cl)c(CC)[nH]1. The van der Waals surface area contributed by atoms with E-state index in [1.54, 1.807) is 12.1 Å². The molecule has 3 aromatic rings. The number of amides is 1. The van der Waals surface area contributed by atoms with E-state index in [0.717, 1.165) is 10.8 Å². The highest BCUT2D eigenvalue weighted by Gasteiger charge is 2.33. The average Bonchev–Trinajstić information content (AvgIpc) is 3.38. The highest BCUT2D eigenvalue weighted by atomic mass is 35.5. The van der Waals surface area contributed by atoms with E-state index in [0.29, 0.717) is 47.9 Å². The summed E-state index contributed by atoms with van der Waals surface area (Å²) in [5.41, 5.74) is 1.64. The summed E-state index contributed by atoms with van der Waals surface area (Å²) in [7, 11) is 0. The van der Waals surface area contributed by atoms with Gasteiger partial charge in [-0.2, -0.15) is 0 Å². The van der Waals surface area contributed by atoms with E-state index in [4.69, 9.17) is 16.3 Å². The molecule has 1 aliphatic rings. The molecule has 1 aromatic carbocycles. The maximum absolute atomic E-state index is 12.7. The first-order chi connectivity index (χ1) is 15.4. The van der Waals surface area contributed by atoms with Crippen LogP contribution in [0, 0.1) is 0 Å². The predicted molar refractivity (Wildman–Crippen MR) is 123 cm³/mol. The van der Waals surface area contributed by atoms with Gasteiger partial charge in [0.1, 0.15) is 0 Å². The first-order valence-electron chi connectivity index (χ1n) is 10.5. The molecule has 1 fully saturated rings. The van der Waals surface area contributed by atoms with Crippen molar-refractivity contribution in [1.29, 1.82) is 0 Å². The number of halogens is 1. The fourth-order valence-corrected chi connectivity index (χ4v) is 5.22. The number of fused-ring (bicyclic) bond motifs is 1. The summed E-state index contributed by atoms with van der Waals surface area (Å²) < 4.78 is 6.59. The lowest BCUT2D eigenvalue weighted by Crippen LogP contribution is -2.55. The van der Waals surface area contributed by atoms with Gasteiger partial charge in [-0.1, -0.05) is 35.9 Å². The van der Waals surface area contributed by atoms with Crippen molar-refractivity contribution in [1.82, 2.24) is 20.3 Å². The van der Waals surface area contributed by atoms with Gasteiger partial charge in [-0.05, 0) is 31.9 Å². The number of piperidine rings is 1. The number of aromatic amines is 1. The van der Waals surface area contributed by atoms with Crippen LogP contribution in [0.3, 0.4) is 0 Å². The second-order valence-corrected chi connectivity index (χ2v) is 8.81. The fraction of sp³-hybridized carbons (Fsp3) is 0.429. The molecule has 0 aliphatic carbocycles. The molecule has 1 amide bonds. The average molecular weight is 478 g/mol. The van der Waals surface area contributed by atoms with E-state index >= 15 is 0 Å². The number of hydrogen-bond donors (Lipinski definition) is 3. The van der Waals surface area contributed by atoms with Crippen molar-refractivity contribution in [2.45, 2.75) is 38.8 Å². The van der Waals surface area contributed by atoms with E-state index in [2.05, 4.69) is 25.2 Å². The second-order valence-electron chi connectivity index (χ2n) is 7.47. The number of hydrogen-bond acceptors (Lipinski definition) is 7. The molecule has 4 rings (SSSR count). The summed E-state index contributed by atoms with van der Waals surface area (Å²) in [6, 6.07) is 4.90. The van der Waals surface area contributed by atoms with Gasteiger partial charge in [-0.15, -0.1) is 0 Å². The summed E-state index contributed by atoms with van der Waals surface area (Å²) >= 11 is 7.42. The zero-order chi connectivity index (χ0) is 22.8. The lowest BCUT2D eigenvalue weighted by molar-refractivity contribution is 0.0272. The molecule has 3 heterocycles. The largest absolute Gasteiger partial charge is 0.478 e. The Bertz CT molecular complexity index is 1150. The van der Waals surface area contributed by atoms with Crippen LogP contribution in [0.25, 0.3) is 10.2 Å². The van der Waals surface area contributed by atoms with Crippen molar-refractivity contribution in [2.24, 2.45) is 0 Å². The van der Waals surface area contributed by atoms with E-state index in [9.17, 15) is 14.7 Å². The first-order valence-corrected chi connectivity index (χ1v) is 11.6. The van der Waals surface area contributed by atoms with Crippen LogP contribution in [-0.2, 0) is 11.2 Å². The van der Waals surface area contributed by atoms with Crippen LogP contribution >= 0.6 is 22.9 Å². The third-order valence-corrected chi connectivity index (χ3v) is 6.94. The van der Waals surface area contributed by atoms with Crippen LogP contribution in [-0.4, -0.2) is 63.8 Å². The van der Waals surface area contributed by atoms with Gasteiger partial charge < -0.3 is 25.0 Å². The minimum Gasteiger partial charge on any atom is -0.478 e. The van der Waals surface area contributed by atoms with Gasteiger partial charge >= 0.3 is 5.97 Å². The van der Waals surface area contributed by atoms with E-state index in [1.807, 2.05) is 19.9 Å². The Labute approximate surface area is 193 Å². The Hall–Kier alpha value is -2.69. The van der Waals surface area contributed by atoms with Gasteiger partial charge in [0, 0.05) is 19.7 Å². The topological polar surface area (TPSA) is 120 Å². The minimum atomic E-state index is -0.969. The zero-order valence-electron chi connectivity index (χ0n) is 17.7. The van der Waals surface area contributed by atoms with Crippen molar-refractivity contribution in [2.75, 3.05) is 24.6 Å². The molecule has 0 radical (unpaired) electrons. The quantitative estimate of drug-likeness (QED) is 0.477. The number of benzene rings is 1. The number of carbonyl (C=O) groups is 2. The molecular formula is C21H24ClN5O4S. The molecule has 11 heteroatoms. The van der Waals surface area contributed by atoms with Crippen molar-refractivity contribution >= 4 is 50.2 Å². The number of thiazole rings is 1. The number of nitrogens with zero attached hydrogens (tertiary/aromatic N) is 3. The van der Waals surface area contributed by atoms with E-state index < -0.39 is 5.97 Å². The monoisotopic (exact) mass is 477 g/mol. The van der Waals surface area contributed by atoms with Crippen LogP contribution < -0.4 is 10.2 Å². The standard InChI is InChI=1S/C21H24ClN5O4S/c1-3-12-17(22)26-18(23-12)19(28)24-13-8-9-27(10-15(13)31-4-2)21-25-14-7-5-6-11(20(29)30)16(14)32-21/h5-7,13,15H,3-4,8-10H2,1-2H3,(H,23,26)(H,24,28)(H,29,30)/t13-,15+/m0/s1. The Kier molecular flexibility index (Phi) is 6.63. The number of nitrogens with one attached hydrogen (secondary N) is 2. The smallest absolute Gasteiger partial charge is 0.337 e. The van der Waals surface area contributed by atoms with E-state index in [1.165, 1.54) is 11.3 Å². The third kappa shape index (κ3) is 4.43. The Morgan fingerprint density at radius 2 is 2.19 bits per heavy atom. The highest BCUT2D eigenvalue weighted by Crippen LogP contribution is 2.33. The Morgan fingerprint density at radius 1 is 1.38 bits per heavy atom. The molecular weight excluding hydrogens is 454 g/mol. The van der Waals surface area contributed by atoms with Crippen molar-refractivity contribution in [3.8, 4) is 0 Å². The van der Waals surface area contributed by atoms with Gasteiger partial charge in [0.2, 0.25) is 0 Å². The maximum atomic E-state index is 12.7. The third-order valence-electron chi connectivity index (χ3n) is 5.46. The maximum Gasteiger partial charge on any atom is 0.337 e. The van der Waals surface area contributed by atoms with Crippen molar-refractivity contribution in [3.63, 3.8) is 0 Å². The molecule has 2 atom stereocenters. The summed E-state index contributed by atoms with van der Waals surface area (Å²) in [5.74, 6) is -1.10. The number of aromatic nitrogens is 3. The number of rotatable bonds is 7. The summed E-state index contributed by atoms with van der Waals surface area (Å²) in [6.45, 7) is 5.52. The highest BCUT2D eigenvalue weighted by molar-refractivity contribution is 7.22. The molecule has 2 aromatic heterocycles. The molecule has 32 heavy (non-hydrogen) atoms. The van der Waals surface area contributed by atoms with Crippen LogP contribution in [0.2, 0.25) is 5.15 Å². The van der Waals surface area contributed by atoms with Crippen LogP contribution in [0.5, 0.6) is 0 Å². The van der Waals surface area contributed by atoms with E-state index in [-0.39, 0.29) is 29.4 Å². The molecule has 0 spiro atoms. The Balaban J connectivity index is 1.50. The van der Waals surface area contributed by atoms with Crippen LogP contribution in [0.4, 0.5) is 5.13 Å². The predicted octanol–water partition coefficient (Wildman–Crippen LogP) is 3.35. The van der Waals surface area contributed by atoms with Gasteiger partial charge in [0.15, 0.2) is 16.1 Å². The normalized spacial score (nSPS) is 18.8. The molecule has 0 saturated carbocycles.